The fourth-order valence-corrected chi connectivity index (χ4v) is 2.40. The Kier molecular flexibility index (Phi) is 5.10. The average molecular weight is 284 g/mol. The molecule has 0 unspecified atom stereocenters. The van der Waals surface area contributed by atoms with Crippen molar-refractivity contribution in [2.45, 2.75) is 26.3 Å². The molecule has 2 rings (SSSR count). The van der Waals surface area contributed by atoms with Crippen LogP contribution in [0.4, 0.5) is 0 Å². The maximum Gasteiger partial charge on any atom is 0.310 e. The molecule has 0 aliphatic carbocycles. The number of nitrogens with zero attached hydrogens (tertiary/aromatic N) is 3. The summed E-state index contributed by atoms with van der Waals surface area (Å²) in [5.41, 5.74) is 0.869. The van der Waals surface area contributed by atoms with E-state index in [2.05, 4.69) is 14.9 Å². The molecule has 1 saturated heterocycles. The van der Waals surface area contributed by atoms with Crippen LogP contribution in [0.2, 0.25) is 5.15 Å². The third-order valence-electron chi connectivity index (χ3n) is 3.18. The predicted octanol–water partition coefficient (Wildman–Crippen LogP) is 1.91. The molecule has 0 spiro atoms. The Hall–Kier alpha value is -1.20. The summed E-state index contributed by atoms with van der Waals surface area (Å²) in [4.78, 5) is 22.2. The number of rotatable bonds is 4. The molecule has 1 aromatic heterocycles. The Morgan fingerprint density at radius 1 is 1.53 bits per heavy atom. The molecule has 5 nitrogen and oxygen atoms in total. The van der Waals surface area contributed by atoms with Crippen molar-refractivity contribution < 1.29 is 9.53 Å². The number of likely N-dealkylation sites (tertiary alicyclic amines) is 1. The van der Waals surface area contributed by atoms with Gasteiger partial charge in [0.25, 0.3) is 0 Å². The number of esters is 1. The lowest BCUT2D eigenvalue weighted by atomic mass is 9.98. The Labute approximate surface area is 117 Å². The second-order valence-electron chi connectivity index (χ2n) is 4.66. The lowest BCUT2D eigenvalue weighted by Gasteiger charge is -2.31. The van der Waals surface area contributed by atoms with E-state index in [0.29, 0.717) is 18.3 Å². The van der Waals surface area contributed by atoms with Gasteiger partial charge >= 0.3 is 5.97 Å². The quantitative estimate of drug-likeness (QED) is 0.790. The van der Waals surface area contributed by atoms with Crippen LogP contribution in [0.25, 0.3) is 0 Å². The molecular formula is C13H18ClN3O2. The maximum absolute atomic E-state index is 11.7. The van der Waals surface area contributed by atoms with Crippen molar-refractivity contribution in [2.24, 2.45) is 5.92 Å². The lowest BCUT2D eigenvalue weighted by molar-refractivity contribution is -0.150. The minimum absolute atomic E-state index is 0.0195. The highest BCUT2D eigenvalue weighted by Gasteiger charge is 2.26. The molecule has 0 aromatic carbocycles. The van der Waals surface area contributed by atoms with Crippen molar-refractivity contribution in [3.63, 3.8) is 0 Å². The molecule has 104 valence electrons. The molecule has 1 aliphatic heterocycles. The largest absolute Gasteiger partial charge is 0.466 e. The van der Waals surface area contributed by atoms with Crippen molar-refractivity contribution in [1.82, 2.24) is 14.9 Å². The molecule has 1 atom stereocenters. The second-order valence-corrected chi connectivity index (χ2v) is 5.04. The standard InChI is InChI=1S/C13H18ClN3O2/c1-2-19-13(18)10-4-3-5-17(8-10)9-11-6-16-12(14)7-15-11/h6-7,10H,2-5,8-9H2,1H3/t10-/m0/s1. The first-order chi connectivity index (χ1) is 9.19. The fourth-order valence-electron chi connectivity index (χ4n) is 2.30. The van der Waals surface area contributed by atoms with Gasteiger partial charge in [0.15, 0.2) is 0 Å². The van der Waals surface area contributed by atoms with Gasteiger partial charge in [-0.15, -0.1) is 0 Å². The molecule has 0 saturated carbocycles. The number of ether oxygens (including phenoxy) is 1. The maximum atomic E-state index is 11.7. The summed E-state index contributed by atoms with van der Waals surface area (Å²) < 4.78 is 5.08. The third kappa shape index (κ3) is 4.14. The van der Waals surface area contributed by atoms with Crippen LogP contribution < -0.4 is 0 Å². The number of carbonyl (C=O) groups excluding carboxylic acids is 1. The Morgan fingerprint density at radius 2 is 2.37 bits per heavy atom. The monoisotopic (exact) mass is 283 g/mol. The summed E-state index contributed by atoms with van der Waals surface area (Å²) in [5.74, 6) is -0.108. The zero-order valence-electron chi connectivity index (χ0n) is 11.0. The summed E-state index contributed by atoms with van der Waals surface area (Å²) in [7, 11) is 0. The number of piperidine rings is 1. The fraction of sp³-hybridized carbons (Fsp3) is 0.615. The van der Waals surface area contributed by atoms with Gasteiger partial charge in [0.1, 0.15) is 5.15 Å². The number of carbonyl (C=O) groups is 1. The van der Waals surface area contributed by atoms with E-state index in [1.807, 2.05) is 6.92 Å². The molecule has 0 radical (unpaired) electrons. The van der Waals surface area contributed by atoms with E-state index >= 15 is 0 Å². The van der Waals surface area contributed by atoms with Gasteiger partial charge < -0.3 is 4.74 Å². The van der Waals surface area contributed by atoms with E-state index in [-0.39, 0.29) is 11.9 Å². The number of aromatic nitrogens is 2. The van der Waals surface area contributed by atoms with Gasteiger partial charge in [-0.25, -0.2) is 4.98 Å². The van der Waals surface area contributed by atoms with E-state index in [1.54, 1.807) is 12.4 Å². The van der Waals surface area contributed by atoms with Crippen LogP contribution in [0.15, 0.2) is 12.4 Å². The molecule has 0 bridgehead atoms. The summed E-state index contributed by atoms with van der Waals surface area (Å²) in [6, 6.07) is 0. The number of hydrogen-bond donors (Lipinski definition) is 0. The topological polar surface area (TPSA) is 55.3 Å². The van der Waals surface area contributed by atoms with E-state index in [1.165, 1.54) is 0 Å². The van der Waals surface area contributed by atoms with E-state index in [4.69, 9.17) is 16.3 Å². The zero-order valence-corrected chi connectivity index (χ0v) is 11.8. The van der Waals surface area contributed by atoms with Crippen LogP contribution in [-0.2, 0) is 16.1 Å². The van der Waals surface area contributed by atoms with Crippen molar-refractivity contribution in [3.8, 4) is 0 Å². The lowest BCUT2D eigenvalue weighted by Crippen LogP contribution is -2.39. The Balaban J connectivity index is 1.90. The van der Waals surface area contributed by atoms with Crippen LogP contribution in [0, 0.1) is 5.92 Å². The van der Waals surface area contributed by atoms with Gasteiger partial charge in [-0.05, 0) is 26.3 Å². The molecular weight excluding hydrogens is 266 g/mol. The smallest absolute Gasteiger partial charge is 0.310 e. The van der Waals surface area contributed by atoms with E-state index in [0.717, 1.165) is 31.6 Å². The molecule has 1 fully saturated rings. The normalized spacial score (nSPS) is 20.2. The molecule has 19 heavy (non-hydrogen) atoms. The number of hydrogen-bond acceptors (Lipinski definition) is 5. The third-order valence-corrected chi connectivity index (χ3v) is 3.38. The molecule has 1 aliphatic rings. The van der Waals surface area contributed by atoms with Gasteiger partial charge in [0.2, 0.25) is 0 Å². The van der Waals surface area contributed by atoms with E-state index < -0.39 is 0 Å². The second kappa shape index (κ2) is 6.82. The van der Waals surface area contributed by atoms with Gasteiger partial charge in [-0.3, -0.25) is 14.7 Å². The zero-order chi connectivity index (χ0) is 13.7. The molecule has 1 aromatic rings. The van der Waals surface area contributed by atoms with Crippen LogP contribution in [-0.4, -0.2) is 40.5 Å². The van der Waals surface area contributed by atoms with Crippen molar-refractivity contribution >= 4 is 17.6 Å². The SMILES string of the molecule is CCOC(=O)[C@H]1CCCN(Cc2cnc(Cl)cn2)C1. The van der Waals surface area contributed by atoms with Crippen LogP contribution in [0.5, 0.6) is 0 Å². The molecule has 2 heterocycles. The van der Waals surface area contributed by atoms with Gasteiger partial charge in [-0.2, -0.15) is 0 Å². The molecule has 0 amide bonds. The van der Waals surface area contributed by atoms with Gasteiger partial charge in [-0.1, -0.05) is 11.6 Å². The van der Waals surface area contributed by atoms with Crippen LogP contribution >= 0.6 is 11.6 Å². The summed E-state index contributed by atoms with van der Waals surface area (Å²) >= 11 is 5.71. The summed E-state index contributed by atoms with van der Waals surface area (Å²) in [6.45, 7) is 4.67. The van der Waals surface area contributed by atoms with Crippen LogP contribution in [0.3, 0.4) is 0 Å². The Bertz CT molecular complexity index is 424. The first-order valence-corrected chi connectivity index (χ1v) is 6.92. The minimum Gasteiger partial charge on any atom is -0.466 e. The van der Waals surface area contributed by atoms with Crippen LogP contribution in [0.1, 0.15) is 25.5 Å². The van der Waals surface area contributed by atoms with E-state index in [9.17, 15) is 4.79 Å². The van der Waals surface area contributed by atoms with Crippen molar-refractivity contribution in [3.05, 3.63) is 23.2 Å². The highest BCUT2D eigenvalue weighted by Crippen LogP contribution is 2.19. The number of halogens is 1. The van der Waals surface area contributed by atoms with Crippen molar-refractivity contribution in [1.29, 1.82) is 0 Å². The van der Waals surface area contributed by atoms with Gasteiger partial charge in [0.05, 0.1) is 30.6 Å². The summed E-state index contributed by atoms with van der Waals surface area (Å²) in [6.07, 6.45) is 5.13. The average Bonchev–Trinajstić information content (AvgIpc) is 2.42. The first-order valence-electron chi connectivity index (χ1n) is 6.54. The highest BCUT2D eigenvalue weighted by molar-refractivity contribution is 6.29. The first kappa shape index (κ1) is 14.2. The molecule has 6 heteroatoms. The minimum atomic E-state index is -0.0885. The van der Waals surface area contributed by atoms with Gasteiger partial charge in [0, 0.05) is 13.1 Å². The summed E-state index contributed by atoms with van der Waals surface area (Å²) in [5, 5.41) is 0.395. The molecule has 0 N–H and O–H groups in total. The Morgan fingerprint density at radius 3 is 3.05 bits per heavy atom. The predicted molar refractivity (Wildman–Crippen MR) is 71.7 cm³/mol. The van der Waals surface area contributed by atoms with Crippen molar-refractivity contribution in [2.75, 3.05) is 19.7 Å². The highest BCUT2D eigenvalue weighted by atomic mass is 35.5.